The van der Waals surface area contributed by atoms with Gasteiger partial charge in [0.15, 0.2) is 5.65 Å². The van der Waals surface area contributed by atoms with E-state index in [0.717, 1.165) is 17.7 Å². The fraction of sp³-hybridized carbons (Fsp3) is 0.111. The van der Waals surface area contributed by atoms with Crippen molar-refractivity contribution < 1.29 is 13.6 Å². The van der Waals surface area contributed by atoms with Crippen molar-refractivity contribution in [2.24, 2.45) is 0 Å². The van der Waals surface area contributed by atoms with E-state index in [-0.39, 0.29) is 12.2 Å². The molecule has 5 rings (SSSR count). The van der Waals surface area contributed by atoms with Crippen LogP contribution in [0.25, 0.3) is 22.3 Å². The van der Waals surface area contributed by atoms with Crippen LogP contribution in [0, 0.1) is 11.6 Å². The zero-order valence-electron chi connectivity index (χ0n) is 18.9. The maximum absolute atomic E-state index is 14.9. The van der Waals surface area contributed by atoms with Gasteiger partial charge in [-0.05, 0) is 37.3 Å². The minimum atomic E-state index is -0.841. The average Bonchev–Trinajstić information content (AvgIpc) is 3.31. The molecule has 0 atom stereocenters. The highest BCUT2D eigenvalue weighted by Gasteiger charge is 2.26. The van der Waals surface area contributed by atoms with Crippen LogP contribution in [0.4, 0.5) is 14.5 Å². The van der Waals surface area contributed by atoms with Crippen LogP contribution < -0.4 is 4.90 Å². The Bertz CT molecular complexity index is 1500. The Balaban J connectivity index is 1.69. The molecular weight excluding hydrogens is 448 g/mol. The maximum atomic E-state index is 14.9. The third-order valence-electron chi connectivity index (χ3n) is 5.70. The van der Waals surface area contributed by atoms with Crippen molar-refractivity contribution in [3.05, 3.63) is 108 Å². The summed E-state index contributed by atoms with van der Waals surface area (Å²) in [6.07, 6.45) is 3.19. The summed E-state index contributed by atoms with van der Waals surface area (Å²) in [5.41, 5.74) is 2.80. The van der Waals surface area contributed by atoms with Gasteiger partial charge in [-0.25, -0.2) is 18.4 Å². The first kappa shape index (κ1) is 22.3. The number of amides is 1. The molecule has 0 saturated heterocycles. The maximum Gasteiger partial charge on any atom is 0.259 e. The molecule has 3 aromatic heterocycles. The molecule has 5 aromatic rings. The number of anilines is 1. The van der Waals surface area contributed by atoms with E-state index in [1.54, 1.807) is 41.3 Å². The lowest BCUT2D eigenvalue weighted by atomic mass is 10.1. The summed E-state index contributed by atoms with van der Waals surface area (Å²) < 4.78 is 30.3. The summed E-state index contributed by atoms with van der Waals surface area (Å²) in [5.74, 6) is -2.04. The lowest BCUT2D eigenvalue weighted by Crippen LogP contribution is -2.32. The van der Waals surface area contributed by atoms with E-state index in [1.807, 2.05) is 37.3 Å². The Labute approximate surface area is 200 Å². The van der Waals surface area contributed by atoms with Crippen LogP contribution in [0.1, 0.15) is 23.0 Å². The second-order valence-corrected chi connectivity index (χ2v) is 7.93. The lowest BCUT2D eigenvalue weighted by Gasteiger charge is -2.24. The first-order valence-corrected chi connectivity index (χ1v) is 11.1. The van der Waals surface area contributed by atoms with Gasteiger partial charge < -0.3 is 0 Å². The third-order valence-corrected chi connectivity index (χ3v) is 5.70. The zero-order chi connectivity index (χ0) is 24.4. The van der Waals surface area contributed by atoms with Crippen LogP contribution in [0.2, 0.25) is 0 Å². The molecule has 0 aliphatic carbocycles. The number of fused-ring (bicyclic) bond motifs is 1. The molecule has 0 radical (unpaired) electrons. The highest BCUT2D eigenvalue weighted by molar-refractivity contribution is 6.13. The number of aryl methyl sites for hydroxylation is 1. The zero-order valence-corrected chi connectivity index (χ0v) is 18.9. The van der Waals surface area contributed by atoms with Gasteiger partial charge in [0.1, 0.15) is 11.6 Å². The molecule has 35 heavy (non-hydrogen) atoms. The number of hydrogen-bond donors (Lipinski definition) is 0. The lowest BCUT2D eigenvalue weighted by molar-refractivity contribution is 0.0985. The number of hydrogen-bond acceptors (Lipinski definition) is 4. The summed E-state index contributed by atoms with van der Waals surface area (Å²) in [6.45, 7) is 2.49. The number of carbonyl (C=O) groups is 1. The van der Waals surface area contributed by atoms with Crippen molar-refractivity contribution >= 4 is 22.6 Å². The Morgan fingerprint density at radius 2 is 1.80 bits per heavy atom. The van der Waals surface area contributed by atoms with Gasteiger partial charge in [-0.1, -0.05) is 36.4 Å². The van der Waals surface area contributed by atoms with Gasteiger partial charge in [-0.15, -0.1) is 0 Å². The highest BCUT2D eigenvalue weighted by atomic mass is 19.1. The number of pyridine rings is 2. The Hall–Kier alpha value is -4.46. The van der Waals surface area contributed by atoms with Gasteiger partial charge in [0.2, 0.25) is 0 Å². The van der Waals surface area contributed by atoms with E-state index in [1.165, 1.54) is 11.0 Å². The van der Waals surface area contributed by atoms with E-state index < -0.39 is 17.5 Å². The largest absolute Gasteiger partial charge is 0.299 e. The molecule has 174 valence electrons. The molecular formula is C27H21F2N5O. The number of carbonyl (C=O) groups excluding carboxylic acids is 1. The van der Waals surface area contributed by atoms with Crippen LogP contribution in [0.3, 0.4) is 0 Å². The Morgan fingerprint density at radius 1 is 1.00 bits per heavy atom. The Kier molecular flexibility index (Phi) is 6.01. The first-order valence-electron chi connectivity index (χ1n) is 11.1. The summed E-state index contributed by atoms with van der Waals surface area (Å²) in [7, 11) is 0. The number of benzene rings is 2. The third kappa shape index (κ3) is 4.38. The molecule has 0 unspecified atom stereocenters. The molecule has 2 aromatic carbocycles. The second kappa shape index (κ2) is 9.42. The molecule has 0 N–H and O–H groups in total. The van der Waals surface area contributed by atoms with Crippen molar-refractivity contribution in [2.75, 3.05) is 4.90 Å². The predicted molar refractivity (Wildman–Crippen MR) is 130 cm³/mol. The van der Waals surface area contributed by atoms with Crippen LogP contribution in [0.5, 0.6) is 0 Å². The van der Waals surface area contributed by atoms with Crippen LogP contribution >= 0.6 is 0 Å². The highest BCUT2D eigenvalue weighted by Crippen LogP contribution is 2.29. The molecule has 8 heteroatoms. The molecule has 0 bridgehead atoms. The van der Waals surface area contributed by atoms with E-state index in [9.17, 15) is 13.6 Å². The van der Waals surface area contributed by atoms with E-state index >= 15 is 0 Å². The van der Waals surface area contributed by atoms with Crippen LogP contribution in [0.15, 0.2) is 85.2 Å². The summed E-state index contributed by atoms with van der Waals surface area (Å²) in [4.78, 5) is 24.4. The molecule has 0 spiro atoms. The van der Waals surface area contributed by atoms with Gasteiger partial charge in [0, 0.05) is 24.4 Å². The number of aromatic nitrogens is 4. The topological polar surface area (TPSA) is 63.9 Å². The van der Waals surface area contributed by atoms with Gasteiger partial charge in [0.05, 0.1) is 40.8 Å². The van der Waals surface area contributed by atoms with E-state index in [4.69, 9.17) is 4.98 Å². The number of rotatable bonds is 6. The molecule has 0 aliphatic rings. The smallest absolute Gasteiger partial charge is 0.259 e. The Morgan fingerprint density at radius 3 is 2.51 bits per heavy atom. The molecule has 0 fully saturated rings. The summed E-state index contributed by atoms with van der Waals surface area (Å²) >= 11 is 0. The number of halogens is 2. The fourth-order valence-electron chi connectivity index (χ4n) is 3.98. The summed E-state index contributed by atoms with van der Waals surface area (Å²) in [5, 5.41) is 4.93. The van der Waals surface area contributed by atoms with Gasteiger partial charge in [0.25, 0.3) is 5.91 Å². The van der Waals surface area contributed by atoms with Crippen molar-refractivity contribution in [3.8, 4) is 11.3 Å². The first-order chi connectivity index (χ1) is 17.0. The molecule has 0 saturated carbocycles. The molecule has 6 nitrogen and oxygen atoms in total. The number of nitrogens with zero attached hydrogens (tertiary/aromatic N) is 5. The fourth-order valence-corrected chi connectivity index (χ4v) is 3.98. The van der Waals surface area contributed by atoms with E-state index in [0.29, 0.717) is 34.5 Å². The molecule has 3 heterocycles. The van der Waals surface area contributed by atoms with Crippen molar-refractivity contribution in [2.45, 2.75) is 20.0 Å². The summed E-state index contributed by atoms with van der Waals surface area (Å²) in [6, 6.07) is 19.6. The van der Waals surface area contributed by atoms with Crippen LogP contribution in [-0.4, -0.2) is 25.7 Å². The minimum absolute atomic E-state index is 0.00533. The molecule has 0 aliphatic heterocycles. The normalized spacial score (nSPS) is 11.1. The second-order valence-electron chi connectivity index (χ2n) is 7.93. The molecule has 1 amide bonds. The van der Waals surface area contributed by atoms with Crippen molar-refractivity contribution in [1.82, 2.24) is 19.7 Å². The quantitative estimate of drug-likeness (QED) is 0.323. The van der Waals surface area contributed by atoms with Crippen LogP contribution in [-0.2, 0) is 13.1 Å². The van der Waals surface area contributed by atoms with Crippen molar-refractivity contribution in [3.63, 3.8) is 0 Å². The monoisotopic (exact) mass is 469 g/mol. The predicted octanol–water partition coefficient (Wildman–Crippen LogP) is 5.64. The minimum Gasteiger partial charge on any atom is -0.299 e. The van der Waals surface area contributed by atoms with E-state index in [2.05, 4.69) is 10.1 Å². The average molecular weight is 469 g/mol. The van der Waals surface area contributed by atoms with Gasteiger partial charge in [-0.2, -0.15) is 5.10 Å². The van der Waals surface area contributed by atoms with Gasteiger partial charge in [-0.3, -0.25) is 14.7 Å². The van der Waals surface area contributed by atoms with Gasteiger partial charge >= 0.3 is 0 Å². The standard InChI is InChI=1S/C27H21F2N5O/c1-2-34-26-22(16-31-34)21(15-24(32-26)18-8-4-3-5-9-18)27(35)33(17-20-10-6-7-13-30-20)25-12-11-19(28)14-23(25)29/h3-16H,2,17H2,1H3. The SMILES string of the molecule is CCn1ncc2c(C(=O)N(Cc3ccccn3)c3ccc(F)cc3F)cc(-c3ccccc3)nc21. The van der Waals surface area contributed by atoms with Crippen molar-refractivity contribution in [1.29, 1.82) is 0 Å².